The average molecular weight is 199 g/mol. The fourth-order valence-corrected chi connectivity index (χ4v) is 1.06. The molecule has 78 valence electrons. The van der Waals surface area contributed by atoms with E-state index in [2.05, 4.69) is 4.98 Å². The van der Waals surface area contributed by atoms with Gasteiger partial charge in [-0.25, -0.2) is 4.39 Å². The first kappa shape index (κ1) is 11.1. The first-order chi connectivity index (χ1) is 6.75. The largest absolute Gasteiger partial charge is 0.384 e. The summed E-state index contributed by atoms with van der Waals surface area (Å²) in [5, 5.41) is 9.50. The maximum absolute atomic E-state index is 13.1. The first-order valence-corrected chi connectivity index (χ1v) is 4.62. The Bertz CT molecular complexity index is 281. The highest BCUT2D eigenvalue weighted by molar-refractivity contribution is 5.09. The van der Waals surface area contributed by atoms with E-state index in [0.717, 1.165) is 6.42 Å². The number of rotatable bonds is 5. The Hall–Kier alpha value is -1.00. The number of aliphatic hydroxyl groups excluding tert-OH is 1. The van der Waals surface area contributed by atoms with Crippen molar-refractivity contribution in [1.82, 2.24) is 4.98 Å². The molecule has 0 spiro atoms. The standard InChI is InChI=1S/C10H14FNO2/c1-2-6-14-7-9(13)10-8(11)4-3-5-12-10/h3-5,9,13H,2,6-7H2,1H3. The molecule has 0 aliphatic carbocycles. The highest BCUT2D eigenvalue weighted by Gasteiger charge is 2.13. The number of hydrogen-bond acceptors (Lipinski definition) is 3. The number of ether oxygens (including phenoxy) is 1. The number of pyridine rings is 1. The van der Waals surface area contributed by atoms with Gasteiger partial charge in [0, 0.05) is 12.8 Å². The predicted octanol–water partition coefficient (Wildman–Crippen LogP) is 1.68. The van der Waals surface area contributed by atoms with Gasteiger partial charge in [-0.3, -0.25) is 4.98 Å². The van der Waals surface area contributed by atoms with E-state index in [1.54, 1.807) is 0 Å². The van der Waals surface area contributed by atoms with Gasteiger partial charge >= 0.3 is 0 Å². The van der Waals surface area contributed by atoms with Gasteiger partial charge in [0.25, 0.3) is 0 Å². The van der Waals surface area contributed by atoms with Crippen LogP contribution < -0.4 is 0 Å². The van der Waals surface area contributed by atoms with Crippen LogP contribution in [0.2, 0.25) is 0 Å². The number of aromatic nitrogens is 1. The van der Waals surface area contributed by atoms with E-state index in [0.29, 0.717) is 6.61 Å². The monoisotopic (exact) mass is 199 g/mol. The van der Waals surface area contributed by atoms with Crippen LogP contribution >= 0.6 is 0 Å². The molecule has 14 heavy (non-hydrogen) atoms. The fourth-order valence-electron chi connectivity index (χ4n) is 1.06. The Morgan fingerprint density at radius 3 is 3.07 bits per heavy atom. The van der Waals surface area contributed by atoms with Gasteiger partial charge in [0.1, 0.15) is 17.6 Å². The summed E-state index contributed by atoms with van der Waals surface area (Å²) in [5.41, 5.74) is 0.0450. The van der Waals surface area contributed by atoms with Gasteiger partial charge in [0.15, 0.2) is 0 Å². The normalized spacial score (nSPS) is 12.8. The van der Waals surface area contributed by atoms with Crippen LogP contribution in [0.3, 0.4) is 0 Å². The van der Waals surface area contributed by atoms with Gasteiger partial charge < -0.3 is 9.84 Å². The van der Waals surface area contributed by atoms with Crippen molar-refractivity contribution < 1.29 is 14.2 Å². The van der Waals surface area contributed by atoms with E-state index in [1.165, 1.54) is 18.3 Å². The topological polar surface area (TPSA) is 42.4 Å². The minimum atomic E-state index is -0.984. The second-order valence-corrected chi connectivity index (χ2v) is 2.96. The van der Waals surface area contributed by atoms with Crippen LogP contribution in [0.25, 0.3) is 0 Å². The lowest BCUT2D eigenvalue weighted by molar-refractivity contribution is 0.0323. The van der Waals surface area contributed by atoms with Crippen LogP contribution in [-0.2, 0) is 4.74 Å². The number of halogens is 1. The van der Waals surface area contributed by atoms with Crippen molar-refractivity contribution in [3.63, 3.8) is 0 Å². The summed E-state index contributed by atoms with van der Waals surface area (Å²) in [4.78, 5) is 3.75. The Labute approximate surface area is 82.5 Å². The van der Waals surface area contributed by atoms with Crippen LogP contribution in [0.1, 0.15) is 25.1 Å². The lowest BCUT2D eigenvalue weighted by Crippen LogP contribution is -2.11. The molecule has 1 heterocycles. The van der Waals surface area contributed by atoms with E-state index in [-0.39, 0.29) is 12.3 Å². The molecule has 0 aliphatic heterocycles. The molecule has 1 rings (SSSR count). The van der Waals surface area contributed by atoms with Gasteiger partial charge in [0.05, 0.1) is 6.61 Å². The van der Waals surface area contributed by atoms with Crippen molar-refractivity contribution in [3.8, 4) is 0 Å². The van der Waals surface area contributed by atoms with E-state index in [1.807, 2.05) is 6.92 Å². The van der Waals surface area contributed by atoms with Crippen LogP contribution in [0.15, 0.2) is 18.3 Å². The van der Waals surface area contributed by atoms with Gasteiger partial charge in [-0.1, -0.05) is 6.92 Å². The van der Waals surface area contributed by atoms with E-state index in [9.17, 15) is 9.50 Å². The maximum atomic E-state index is 13.1. The van der Waals surface area contributed by atoms with Gasteiger partial charge in [0.2, 0.25) is 0 Å². The quantitative estimate of drug-likeness (QED) is 0.733. The lowest BCUT2D eigenvalue weighted by Gasteiger charge is -2.10. The third kappa shape index (κ3) is 3.05. The van der Waals surface area contributed by atoms with Gasteiger partial charge in [-0.2, -0.15) is 0 Å². The van der Waals surface area contributed by atoms with Crippen LogP contribution in [0.4, 0.5) is 4.39 Å². The number of nitrogens with zero attached hydrogens (tertiary/aromatic N) is 1. The molecular weight excluding hydrogens is 185 g/mol. The second-order valence-electron chi connectivity index (χ2n) is 2.96. The highest BCUT2D eigenvalue weighted by Crippen LogP contribution is 2.13. The Kier molecular flexibility index (Phi) is 4.49. The zero-order valence-corrected chi connectivity index (χ0v) is 8.11. The van der Waals surface area contributed by atoms with Crippen molar-refractivity contribution in [2.75, 3.05) is 13.2 Å². The zero-order chi connectivity index (χ0) is 10.4. The molecule has 0 fully saturated rings. The summed E-state index contributed by atoms with van der Waals surface area (Å²) >= 11 is 0. The summed E-state index contributed by atoms with van der Waals surface area (Å²) in [6, 6.07) is 2.75. The molecule has 3 nitrogen and oxygen atoms in total. The summed E-state index contributed by atoms with van der Waals surface area (Å²) in [5.74, 6) is -0.500. The van der Waals surface area contributed by atoms with E-state index >= 15 is 0 Å². The van der Waals surface area contributed by atoms with Crippen LogP contribution in [0.5, 0.6) is 0 Å². The molecule has 1 N–H and O–H groups in total. The van der Waals surface area contributed by atoms with E-state index in [4.69, 9.17) is 4.74 Å². The predicted molar refractivity (Wildman–Crippen MR) is 50.3 cm³/mol. The SMILES string of the molecule is CCCOCC(O)c1ncccc1F. The molecule has 1 aromatic heterocycles. The van der Waals surface area contributed by atoms with Crippen LogP contribution in [-0.4, -0.2) is 23.3 Å². The molecule has 0 amide bonds. The molecule has 0 saturated heterocycles. The smallest absolute Gasteiger partial charge is 0.147 e. The third-order valence-corrected chi connectivity index (χ3v) is 1.73. The maximum Gasteiger partial charge on any atom is 0.147 e. The zero-order valence-electron chi connectivity index (χ0n) is 8.11. The Morgan fingerprint density at radius 1 is 1.64 bits per heavy atom. The molecule has 4 heteroatoms. The molecule has 0 bridgehead atoms. The van der Waals surface area contributed by atoms with Crippen molar-refractivity contribution >= 4 is 0 Å². The van der Waals surface area contributed by atoms with Crippen molar-refractivity contribution in [1.29, 1.82) is 0 Å². The third-order valence-electron chi connectivity index (χ3n) is 1.73. The minimum Gasteiger partial charge on any atom is -0.384 e. The fraction of sp³-hybridized carbons (Fsp3) is 0.500. The van der Waals surface area contributed by atoms with Crippen molar-refractivity contribution in [2.24, 2.45) is 0 Å². The molecular formula is C10H14FNO2. The van der Waals surface area contributed by atoms with E-state index < -0.39 is 11.9 Å². The Balaban J connectivity index is 2.51. The summed E-state index contributed by atoms with van der Waals surface area (Å²) < 4.78 is 18.2. The number of aliphatic hydroxyl groups is 1. The molecule has 1 aromatic rings. The highest BCUT2D eigenvalue weighted by atomic mass is 19.1. The summed E-state index contributed by atoms with van der Waals surface area (Å²) in [6.07, 6.45) is 1.33. The number of hydrogen-bond donors (Lipinski definition) is 1. The van der Waals surface area contributed by atoms with Gasteiger partial charge in [-0.05, 0) is 18.6 Å². The average Bonchev–Trinajstić information content (AvgIpc) is 2.18. The molecule has 0 saturated carbocycles. The minimum absolute atomic E-state index is 0.0450. The van der Waals surface area contributed by atoms with Crippen LogP contribution in [0, 0.1) is 5.82 Å². The summed E-state index contributed by atoms with van der Waals surface area (Å²) in [7, 11) is 0. The summed E-state index contributed by atoms with van der Waals surface area (Å²) in [6.45, 7) is 2.61. The molecule has 1 unspecified atom stereocenters. The van der Waals surface area contributed by atoms with Crippen molar-refractivity contribution in [3.05, 3.63) is 29.8 Å². The molecule has 0 radical (unpaired) electrons. The molecule has 1 atom stereocenters. The molecule has 0 aromatic carbocycles. The second kappa shape index (κ2) is 5.67. The van der Waals surface area contributed by atoms with Crippen molar-refractivity contribution in [2.45, 2.75) is 19.4 Å². The lowest BCUT2D eigenvalue weighted by atomic mass is 10.2. The Morgan fingerprint density at radius 2 is 2.43 bits per heavy atom. The van der Waals surface area contributed by atoms with Gasteiger partial charge in [-0.15, -0.1) is 0 Å². The first-order valence-electron chi connectivity index (χ1n) is 4.62. The molecule has 0 aliphatic rings.